The lowest BCUT2D eigenvalue weighted by Crippen LogP contribution is -2.71. The molecule has 0 unspecified atom stereocenters. The van der Waals surface area contributed by atoms with Crippen LogP contribution in [0.2, 0.25) is 0 Å². The number of hydrogen-bond donors (Lipinski definition) is 2. The second-order valence-electron chi connectivity index (χ2n) is 4.74. The number of ether oxygens (including phenoxy) is 1. The molecule has 0 radical (unpaired) electrons. The number of benzene rings is 1. The van der Waals surface area contributed by atoms with Crippen molar-refractivity contribution in [2.24, 2.45) is 0 Å². The quantitative estimate of drug-likeness (QED) is 0.654. The van der Waals surface area contributed by atoms with Crippen molar-refractivity contribution in [3.8, 4) is 5.75 Å². The molecule has 2 heterocycles. The molecule has 1 fully saturated rings. The molecular weight excluding hydrogens is 264 g/mol. The molecule has 7 nitrogen and oxygen atoms in total. The molecule has 2 N–H and O–H groups in total. The van der Waals surface area contributed by atoms with Crippen LogP contribution in [0.3, 0.4) is 0 Å². The second-order valence-corrected chi connectivity index (χ2v) is 4.74. The molecule has 2 aliphatic rings. The second kappa shape index (κ2) is 4.04. The first-order chi connectivity index (χ1) is 9.45. The molecule has 3 amide bonds. The summed E-state index contributed by atoms with van der Waals surface area (Å²) < 4.78 is 5.49. The Morgan fingerprint density at radius 1 is 1.45 bits per heavy atom. The number of rotatable bonds is 0. The monoisotopic (exact) mass is 276 g/mol. The lowest BCUT2D eigenvalue weighted by Gasteiger charge is -2.38. The highest BCUT2D eigenvalue weighted by molar-refractivity contribution is 6.07. The number of aliphatic hydroxyl groups excluding tert-OH is 1. The van der Waals surface area contributed by atoms with Crippen molar-refractivity contribution in [2.75, 3.05) is 6.54 Å². The Hall–Kier alpha value is -2.41. The zero-order valence-electron chi connectivity index (χ0n) is 10.6. The molecule has 1 saturated heterocycles. The van der Waals surface area contributed by atoms with Crippen LogP contribution in [0.4, 0.5) is 0 Å². The van der Waals surface area contributed by atoms with Gasteiger partial charge in [0.2, 0.25) is 11.8 Å². The molecule has 20 heavy (non-hydrogen) atoms. The summed E-state index contributed by atoms with van der Waals surface area (Å²) in [7, 11) is 0. The third-order valence-corrected chi connectivity index (χ3v) is 3.44. The normalized spacial score (nSPS) is 28.1. The molecule has 0 aliphatic carbocycles. The van der Waals surface area contributed by atoms with Crippen LogP contribution < -0.4 is 10.1 Å². The molecule has 7 heteroatoms. The zero-order chi connectivity index (χ0) is 14.5. The predicted octanol–water partition coefficient (Wildman–Crippen LogP) is -0.686. The molecule has 0 saturated carbocycles. The topological polar surface area (TPSA) is 95.9 Å². The van der Waals surface area contributed by atoms with E-state index in [2.05, 4.69) is 5.32 Å². The van der Waals surface area contributed by atoms with E-state index in [0.717, 1.165) is 4.90 Å². The highest BCUT2D eigenvalue weighted by Gasteiger charge is 2.59. The average Bonchev–Trinajstić information content (AvgIpc) is 2.68. The smallest absolute Gasteiger partial charge is 0.298 e. The summed E-state index contributed by atoms with van der Waals surface area (Å²) in [4.78, 5) is 36.4. The first kappa shape index (κ1) is 12.6. The van der Waals surface area contributed by atoms with Gasteiger partial charge in [-0.3, -0.25) is 19.3 Å². The average molecular weight is 276 g/mol. The van der Waals surface area contributed by atoms with E-state index in [1.165, 1.54) is 6.92 Å². The number of nitrogens with one attached hydrogen (secondary N) is 1. The summed E-state index contributed by atoms with van der Waals surface area (Å²) in [5.74, 6) is -1.60. The summed E-state index contributed by atoms with van der Waals surface area (Å²) >= 11 is 0. The molecule has 2 atom stereocenters. The van der Waals surface area contributed by atoms with E-state index in [1.807, 2.05) is 0 Å². The zero-order valence-corrected chi connectivity index (χ0v) is 10.6. The fourth-order valence-corrected chi connectivity index (χ4v) is 2.47. The van der Waals surface area contributed by atoms with Crippen LogP contribution >= 0.6 is 0 Å². The SMILES string of the molecule is CC(=O)N1CC(=O)N[C@@]2(Oc3ccccc3[C@@H]2O)C1=O. The number of carbonyl (C=O) groups is 3. The van der Waals surface area contributed by atoms with Crippen LogP contribution in [0.15, 0.2) is 24.3 Å². The number of imide groups is 1. The molecule has 1 aromatic carbocycles. The van der Waals surface area contributed by atoms with Gasteiger partial charge < -0.3 is 15.2 Å². The van der Waals surface area contributed by atoms with Crippen LogP contribution in [0, 0.1) is 0 Å². The number of nitrogens with zero attached hydrogens (tertiary/aromatic N) is 1. The summed E-state index contributed by atoms with van der Waals surface area (Å²) in [6.45, 7) is 0.807. The van der Waals surface area contributed by atoms with Crippen molar-refractivity contribution in [2.45, 2.75) is 18.8 Å². The Balaban J connectivity index is 2.07. The largest absolute Gasteiger partial charge is 0.455 e. The molecule has 1 aromatic rings. The van der Waals surface area contributed by atoms with E-state index >= 15 is 0 Å². The van der Waals surface area contributed by atoms with E-state index in [1.54, 1.807) is 24.3 Å². The Morgan fingerprint density at radius 2 is 2.15 bits per heavy atom. The van der Waals surface area contributed by atoms with Gasteiger partial charge in [0.25, 0.3) is 11.6 Å². The Kier molecular flexibility index (Phi) is 2.55. The van der Waals surface area contributed by atoms with Gasteiger partial charge >= 0.3 is 0 Å². The van der Waals surface area contributed by atoms with Crippen molar-refractivity contribution in [1.29, 1.82) is 0 Å². The van der Waals surface area contributed by atoms with Crippen molar-refractivity contribution >= 4 is 17.7 Å². The third kappa shape index (κ3) is 1.53. The maximum Gasteiger partial charge on any atom is 0.298 e. The molecular formula is C13H12N2O5. The van der Waals surface area contributed by atoms with Gasteiger partial charge in [0.15, 0.2) is 6.10 Å². The molecule has 0 aromatic heterocycles. The van der Waals surface area contributed by atoms with Gasteiger partial charge in [0.1, 0.15) is 12.3 Å². The lowest BCUT2D eigenvalue weighted by molar-refractivity contribution is -0.176. The maximum atomic E-state index is 12.4. The van der Waals surface area contributed by atoms with Crippen molar-refractivity contribution in [3.63, 3.8) is 0 Å². The fraction of sp³-hybridized carbons (Fsp3) is 0.308. The number of aliphatic hydroxyl groups is 1. The first-order valence-corrected chi connectivity index (χ1v) is 6.05. The molecule has 1 spiro atoms. The number of amides is 3. The van der Waals surface area contributed by atoms with Crippen LogP contribution in [0.25, 0.3) is 0 Å². The molecule has 0 bridgehead atoms. The summed E-state index contributed by atoms with van der Waals surface area (Å²) in [5, 5.41) is 12.7. The summed E-state index contributed by atoms with van der Waals surface area (Å²) in [6.07, 6.45) is -1.36. The van der Waals surface area contributed by atoms with Gasteiger partial charge in [0.05, 0.1) is 0 Å². The molecule has 2 aliphatic heterocycles. The van der Waals surface area contributed by atoms with E-state index in [0.29, 0.717) is 11.3 Å². The first-order valence-electron chi connectivity index (χ1n) is 6.05. The molecule has 3 rings (SSSR count). The van der Waals surface area contributed by atoms with E-state index in [4.69, 9.17) is 4.74 Å². The van der Waals surface area contributed by atoms with E-state index < -0.39 is 29.6 Å². The van der Waals surface area contributed by atoms with Crippen molar-refractivity contribution < 1.29 is 24.2 Å². The van der Waals surface area contributed by atoms with Crippen molar-refractivity contribution in [3.05, 3.63) is 29.8 Å². The maximum absolute atomic E-state index is 12.4. The number of carbonyl (C=O) groups excluding carboxylic acids is 3. The minimum absolute atomic E-state index is 0.305. The van der Waals surface area contributed by atoms with Gasteiger partial charge in [-0.05, 0) is 6.07 Å². The number of piperazine rings is 1. The van der Waals surface area contributed by atoms with Gasteiger partial charge in [-0.2, -0.15) is 0 Å². The van der Waals surface area contributed by atoms with Crippen molar-refractivity contribution in [1.82, 2.24) is 10.2 Å². The van der Waals surface area contributed by atoms with Crippen LogP contribution in [-0.2, 0) is 14.4 Å². The number of hydrogen-bond acceptors (Lipinski definition) is 5. The van der Waals surface area contributed by atoms with Gasteiger partial charge in [-0.1, -0.05) is 18.2 Å². The van der Waals surface area contributed by atoms with Crippen LogP contribution in [0.5, 0.6) is 5.75 Å². The minimum Gasteiger partial charge on any atom is -0.455 e. The van der Waals surface area contributed by atoms with Gasteiger partial charge in [-0.15, -0.1) is 0 Å². The van der Waals surface area contributed by atoms with Crippen LogP contribution in [-0.4, -0.2) is 40.0 Å². The summed E-state index contributed by atoms with van der Waals surface area (Å²) in [6, 6.07) is 6.55. The Labute approximate surface area is 114 Å². The predicted molar refractivity (Wildman–Crippen MR) is 65.3 cm³/mol. The van der Waals surface area contributed by atoms with E-state index in [9.17, 15) is 19.5 Å². The number of fused-ring (bicyclic) bond motifs is 1. The fourth-order valence-electron chi connectivity index (χ4n) is 2.47. The molecule has 104 valence electrons. The standard InChI is InChI=1S/C13H12N2O5/c1-7(16)15-6-10(17)14-13(12(15)19)11(18)8-4-2-3-5-9(8)20-13/h2-5,11,18H,6H2,1H3,(H,14,17)/t11-,13-/m0/s1. The number of para-hydroxylation sites is 1. The third-order valence-electron chi connectivity index (χ3n) is 3.44. The Morgan fingerprint density at radius 3 is 2.80 bits per heavy atom. The summed E-state index contributed by atoms with van der Waals surface area (Å²) in [5.41, 5.74) is -1.56. The Bertz CT molecular complexity index is 629. The van der Waals surface area contributed by atoms with Crippen LogP contribution in [0.1, 0.15) is 18.6 Å². The highest BCUT2D eigenvalue weighted by atomic mass is 16.5. The van der Waals surface area contributed by atoms with E-state index in [-0.39, 0.29) is 6.54 Å². The minimum atomic E-state index is -1.95. The lowest BCUT2D eigenvalue weighted by atomic mass is 9.98. The van der Waals surface area contributed by atoms with Gasteiger partial charge in [-0.25, -0.2) is 0 Å². The van der Waals surface area contributed by atoms with Gasteiger partial charge in [0, 0.05) is 12.5 Å². The highest BCUT2D eigenvalue weighted by Crippen LogP contribution is 2.43.